The molecule has 0 saturated heterocycles. The largest absolute Gasteiger partial charge is 0.377 e. The molecular weight excluding hydrogens is 248 g/mol. The molecule has 0 aliphatic heterocycles. The minimum atomic E-state index is -0.467. The summed E-state index contributed by atoms with van der Waals surface area (Å²) >= 11 is 0. The third-order valence-electron chi connectivity index (χ3n) is 2.61. The Morgan fingerprint density at radius 1 is 1.42 bits per heavy atom. The number of rotatable bonds is 7. The number of hydrazine groups is 1. The number of nitrogens with one attached hydrogen (secondary N) is 2. The molecule has 0 amide bonds. The topological polar surface area (TPSA) is 102 Å². The molecule has 1 aromatic carbocycles. The van der Waals surface area contributed by atoms with Gasteiger partial charge in [0, 0.05) is 13.2 Å². The molecule has 0 aliphatic rings. The van der Waals surface area contributed by atoms with Crippen LogP contribution in [0.15, 0.2) is 18.2 Å². The Labute approximate surface area is 112 Å². The van der Waals surface area contributed by atoms with Crippen molar-refractivity contribution in [2.75, 3.05) is 23.9 Å². The number of nitrogens with two attached hydrogens (primary N) is 1. The molecule has 1 rings (SSSR count). The monoisotopic (exact) mass is 268 g/mol. The van der Waals surface area contributed by atoms with Crippen LogP contribution in [0.25, 0.3) is 0 Å². The number of nitro groups is 1. The lowest BCUT2D eigenvalue weighted by Gasteiger charge is -2.25. The number of nitrogen functional groups attached to an aromatic ring is 1. The van der Waals surface area contributed by atoms with Gasteiger partial charge in [0.15, 0.2) is 0 Å². The first-order chi connectivity index (χ1) is 8.91. The minimum absolute atomic E-state index is 0.0719. The van der Waals surface area contributed by atoms with Crippen molar-refractivity contribution >= 4 is 17.1 Å². The molecule has 106 valence electrons. The Bertz CT molecular complexity index is 449. The molecule has 0 spiro atoms. The van der Waals surface area contributed by atoms with Crippen LogP contribution in [-0.2, 0) is 4.74 Å². The van der Waals surface area contributed by atoms with Crippen molar-refractivity contribution < 1.29 is 9.66 Å². The van der Waals surface area contributed by atoms with Gasteiger partial charge in [-0.15, -0.1) is 0 Å². The molecule has 7 heteroatoms. The quantitative estimate of drug-likeness (QED) is 0.397. The van der Waals surface area contributed by atoms with E-state index in [1.807, 2.05) is 20.8 Å². The van der Waals surface area contributed by atoms with E-state index in [0.29, 0.717) is 18.8 Å². The summed E-state index contributed by atoms with van der Waals surface area (Å²) in [5.74, 6) is 5.28. The van der Waals surface area contributed by atoms with Crippen LogP contribution in [0.2, 0.25) is 0 Å². The fourth-order valence-corrected chi connectivity index (χ4v) is 1.75. The van der Waals surface area contributed by atoms with Gasteiger partial charge in [0.25, 0.3) is 0 Å². The molecule has 0 heterocycles. The maximum absolute atomic E-state index is 11.1. The van der Waals surface area contributed by atoms with Crippen molar-refractivity contribution in [2.24, 2.45) is 5.84 Å². The molecule has 0 atom stereocenters. The summed E-state index contributed by atoms with van der Waals surface area (Å²) in [5, 5.41) is 14.1. The normalized spacial score (nSPS) is 11.2. The highest BCUT2D eigenvalue weighted by Gasteiger charge is 2.22. The summed E-state index contributed by atoms with van der Waals surface area (Å²) in [4.78, 5) is 10.6. The maximum atomic E-state index is 11.1. The first-order valence-electron chi connectivity index (χ1n) is 6.03. The van der Waals surface area contributed by atoms with Crippen molar-refractivity contribution in [1.29, 1.82) is 0 Å². The van der Waals surface area contributed by atoms with Crippen molar-refractivity contribution in [3.8, 4) is 0 Å². The van der Waals surface area contributed by atoms with Crippen LogP contribution >= 0.6 is 0 Å². The summed E-state index contributed by atoms with van der Waals surface area (Å²) in [6, 6.07) is 4.89. The molecule has 0 unspecified atom stereocenters. The zero-order valence-electron chi connectivity index (χ0n) is 11.4. The number of nitrogens with zero attached hydrogens (tertiary/aromatic N) is 1. The van der Waals surface area contributed by atoms with E-state index in [2.05, 4.69) is 10.7 Å². The van der Waals surface area contributed by atoms with E-state index in [9.17, 15) is 10.1 Å². The van der Waals surface area contributed by atoms with E-state index in [1.54, 1.807) is 18.2 Å². The fourth-order valence-electron chi connectivity index (χ4n) is 1.75. The highest BCUT2D eigenvalue weighted by Crippen LogP contribution is 2.32. The SMILES string of the molecule is CCOC(C)(C)CNc1cccc(NN)c1[N+](=O)[O-]. The van der Waals surface area contributed by atoms with Crippen LogP contribution in [0.1, 0.15) is 20.8 Å². The first-order valence-corrected chi connectivity index (χ1v) is 6.03. The Morgan fingerprint density at radius 2 is 2.05 bits per heavy atom. The summed E-state index contributed by atoms with van der Waals surface area (Å²) in [6.45, 7) is 6.78. The zero-order valence-corrected chi connectivity index (χ0v) is 11.4. The first kappa shape index (κ1) is 15.2. The second-order valence-electron chi connectivity index (χ2n) is 4.65. The predicted octanol–water partition coefficient (Wildman–Crippen LogP) is 2.11. The number of nitro benzene ring substituents is 1. The van der Waals surface area contributed by atoms with Gasteiger partial charge in [0.05, 0.1) is 10.5 Å². The maximum Gasteiger partial charge on any atom is 0.316 e. The molecule has 0 saturated carbocycles. The fraction of sp³-hybridized carbons (Fsp3) is 0.500. The molecule has 1 aromatic rings. The van der Waals surface area contributed by atoms with Gasteiger partial charge < -0.3 is 15.5 Å². The molecular formula is C12H20N4O3. The van der Waals surface area contributed by atoms with E-state index < -0.39 is 10.5 Å². The number of para-hydroxylation sites is 1. The van der Waals surface area contributed by atoms with Crippen molar-refractivity contribution in [3.05, 3.63) is 28.3 Å². The Kier molecular flexibility index (Phi) is 5.08. The van der Waals surface area contributed by atoms with Gasteiger partial charge in [-0.2, -0.15) is 0 Å². The average molecular weight is 268 g/mol. The highest BCUT2D eigenvalue weighted by molar-refractivity contribution is 5.75. The molecule has 19 heavy (non-hydrogen) atoms. The molecule has 0 bridgehead atoms. The summed E-state index contributed by atoms with van der Waals surface area (Å²) in [7, 11) is 0. The lowest BCUT2D eigenvalue weighted by atomic mass is 10.1. The standard InChI is InChI=1S/C12H20N4O3/c1-4-19-12(2,3)8-14-9-6-5-7-10(15-13)11(9)16(17)18/h5-7,14-15H,4,8,13H2,1-3H3. The number of benzene rings is 1. The van der Waals surface area contributed by atoms with E-state index in [0.717, 1.165) is 0 Å². The van der Waals surface area contributed by atoms with Crippen LogP contribution in [0.5, 0.6) is 0 Å². The lowest BCUT2D eigenvalue weighted by Crippen LogP contribution is -2.33. The minimum Gasteiger partial charge on any atom is -0.377 e. The predicted molar refractivity (Wildman–Crippen MR) is 75.1 cm³/mol. The van der Waals surface area contributed by atoms with Crippen LogP contribution in [-0.4, -0.2) is 23.7 Å². The zero-order chi connectivity index (χ0) is 14.5. The van der Waals surface area contributed by atoms with Gasteiger partial charge in [-0.25, -0.2) is 0 Å². The Balaban J connectivity index is 2.92. The number of ether oxygens (including phenoxy) is 1. The second kappa shape index (κ2) is 6.35. The molecule has 0 aliphatic carbocycles. The molecule has 0 aromatic heterocycles. The molecule has 7 nitrogen and oxygen atoms in total. The van der Waals surface area contributed by atoms with Crippen molar-refractivity contribution in [1.82, 2.24) is 0 Å². The Morgan fingerprint density at radius 3 is 2.58 bits per heavy atom. The lowest BCUT2D eigenvalue weighted by molar-refractivity contribution is -0.383. The van der Waals surface area contributed by atoms with Gasteiger partial charge in [-0.3, -0.25) is 16.0 Å². The van der Waals surface area contributed by atoms with Gasteiger partial charge in [0.2, 0.25) is 0 Å². The van der Waals surface area contributed by atoms with Crippen LogP contribution in [0.4, 0.5) is 17.1 Å². The van der Waals surface area contributed by atoms with E-state index >= 15 is 0 Å². The van der Waals surface area contributed by atoms with Crippen LogP contribution < -0.4 is 16.6 Å². The summed E-state index contributed by atoms with van der Waals surface area (Å²) in [6.07, 6.45) is 0. The Hall–Kier alpha value is -1.86. The number of anilines is 2. The third kappa shape index (κ3) is 4.08. The van der Waals surface area contributed by atoms with E-state index in [4.69, 9.17) is 10.6 Å². The third-order valence-corrected chi connectivity index (χ3v) is 2.61. The smallest absolute Gasteiger partial charge is 0.316 e. The second-order valence-corrected chi connectivity index (χ2v) is 4.65. The highest BCUT2D eigenvalue weighted by atomic mass is 16.6. The van der Waals surface area contributed by atoms with Crippen LogP contribution in [0, 0.1) is 10.1 Å². The summed E-state index contributed by atoms with van der Waals surface area (Å²) < 4.78 is 5.54. The van der Waals surface area contributed by atoms with Crippen LogP contribution in [0.3, 0.4) is 0 Å². The number of hydrogen-bond donors (Lipinski definition) is 3. The molecule has 0 radical (unpaired) electrons. The van der Waals surface area contributed by atoms with Gasteiger partial charge in [-0.05, 0) is 32.9 Å². The van der Waals surface area contributed by atoms with E-state index in [1.165, 1.54) is 0 Å². The molecule has 4 N–H and O–H groups in total. The van der Waals surface area contributed by atoms with Crippen molar-refractivity contribution in [2.45, 2.75) is 26.4 Å². The van der Waals surface area contributed by atoms with Crippen molar-refractivity contribution in [3.63, 3.8) is 0 Å². The van der Waals surface area contributed by atoms with Gasteiger partial charge in [-0.1, -0.05) is 6.07 Å². The summed E-state index contributed by atoms with van der Waals surface area (Å²) in [5.41, 5.74) is 2.52. The molecule has 0 fully saturated rings. The van der Waals surface area contributed by atoms with Gasteiger partial charge in [0.1, 0.15) is 11.4 Å². The average Bonchev–Trinajstić information content (AvgIpc) is 2.35. The van der Waals surface area contributed by atoms with E-state index in [-0.39, 0.29) is 11.4 Å². The number of hydrogen-bond acceptors (Lipinski definition) is 6. The van der Waals surface area contributed by atoms with Gasteiger partial charge >= 0.3 is 5.69 Å².